The number of hydrogen-bond donors (Lipinski definition) is 2. The van der Waals surface area contributed by atoms with Gasteiger partial charge in [0, 0.05) is 32.0 Å². The third-order valence-electron chi connectivity index (χ3n) is 4.00. The number of nitro groups is 1. The van der Waals surface area contributed by atoms with Crippen molar-refractivity contribution >= 4 is 38.8 Å². The summed E-state index contributed by atoms with van der Waals surface area (Å²) in [7, 11) is 0. The fourth-order valence-corrected chi connectivity index (χ4v) is 3.68. The number of nitrogens with one attached hydrogen (secondary N) is 2. The molecule has 0 saturated heterocycles. The third-order valence-corrected chi connectivity index (χ3v) is 5.09. The Morgan fingerprint density at radius 3 is 2.70 bits per heavy atom. The van der Waals surface area contributed by atoms with Crippen molar-refractivity contribution < 1.29 is 9.72 Å². The Labute approximate surface area is 160 Å². The smallest absolute Gasteiger partial charge is 0.292 e. The lowest BCUT2D eigenvalue weighted by molar-refractivity contribution is -0.384. The summed E-state index contributed by atoms with van der Waals surface area (Å²) in [6, 6.07) is 14.4. The SMILES string of the molecule is O=C(CCNc1ccccc1[N+](=O)[O-])NCCCc1nc2ccccc2s1. The van der Waals surface area contributed by atoms with Crippen LogP contribution in [-0.2, 0) is 11.2 Å². The van der Waals surface area contributed by atoms with Crippen molar-refractivity contribution in [3.63, 3.8) is 0 Å². The second-order valence-corrected chi connectivity index (χ2v) is 7.10. The van der Waals surface area contributed by atoms with E-state index in [0.717, 1.165) is 23.4 Å². The maximum absolute atomic E-state index is 11.9. The van der Waals surface area contributed by atoms with E-state index in [4.69, 9.17) is 0 Å². The van der Waals surface area contributed by atoms with Gasteiger partial charge in [0.25, 0.3) is 5.69 Å². The highest BCUT2D eigenvalue weighted by molar-refractivity contribution is 7.18. The number of fused-ring (bicyclic) bond motifs is 1. The average molecular weight is 384 g/mol. The Bertz CT molecular complexity index is 908. The molecule has 8 heteroatoms. The normalized spacial score (nSPS) is 10.7. The largest absolute Gasteiger partial charge is 0.379 e. The average Bonchev–Trinajstić information content (AvgIpc) is 3.08. The highest BCUT2D eigenvalue weighted by atomic mass is 32.1. The Kier molecular flexibility index (Phi) is 6.32. The molecule has 0 unspecified atom stereocenters. The number of benzene rings is 2. The van der Waals surface area contributed by atoms with E-state index in [1.165, 1.54) is 10.8 Å². The first kappa shape index (κ1) is 18.8. The molecule has 0 fully saturated rings. The number of thiazole rings is 1. The lowest BCUT2D eigenvalue weighted by Gasteiger charge is -2.07. The molecule has 0 radical (unpaired) electrons. The number of amides is 1. The van der Waals surface area contributed by atoms with E-state index in [9.17, 15) is 14.9 Å². The van der Waals surface area contributed by atoms with E-state index in [1.807, 2.05) is 18.2 Å². The quantitative estimate of drug-likeness (QED) is 0.333. The summed E-state index contributed by atoms with van der Waals surface area (Å²) in [5.74, 6) is -0.0783. The molecule has 0 atom stereocenters. The van der Waals surface area contributed by atoms with Gasteiger partial charge in [0.05, 0.1) is 20.1 Å². The van der Waals surface area contributed by atoms with Crippen molar-refractivity contribution in [1.29, 1.82) is 0 Å². The number of nitrogens with zero attached hydrogens (tertiary/aromatic N) is 2. The van der Waals surface area contributed by atoms with Crippen LogP contribution in [0.1, 0.15) is 17.8 Å². The molecule has 0 aliphatic heterocycles. The lowest BCUT2D eigenvalue weighted by atomic mass is 10.2. The molecule has 1 heterocycles. The first-order valence-electron chi connectivity index (χ1n) is 8.72. The number of rotatable bonds is 9. The van der Waals surface area contributed by atoms with Crippen molar-refractivity contribution in [3.8, 4) is 0 Å². The van der Waals surface area contributed by atoms with Gasteiger partial charge in [-0.1, -0.05) is 24.3 Å². The number of carbonyl (C=O) groups is 1. The van der Waals surface area contributed by atoms with Crippen molar-refractivity contribution in [2.45, 2.75) is 19.3 Å². The molecule has 2 aromatic carbocycles. The fraction of sp³-hybridized carbons (Fsp3) is 0.263. The van der Waals surface area contributed by atoms with Gasteiger partial charge in [0.1, 0.15) is 5.69 Å². The molecule has 3 rings (SSSR count). The minimum absolute atomic E-state index is 0.00810. The number of para-hydroxylation sites is 3. The molecule has 1 aromatic heterocycles. The van der Waals surface area contributed by atoms with E-state index in [1.54, 1.807) is 29.5 Å². The van der Waals surface area contributed by atoms with Crippen LogP contribution >= 0.6 is 11.3 Å². The number of aromatic nitrogens is 1. The molecule has 1 amide bonds. The van der Waals surface area contributed by atoms with Gasteiger partial charge in [-0.25, -0.2) is 4.98 Å². The second kappa shape index (κ2) is 9.09. The van der Waals surface area contributed by atoms with Gasteiger partial charge < -0.3 is 10.6 Å². The Morgan fingerprint density at radius 1 is 1.11 bits per heavy atom. The third kappa shape index (κ3) is 5.24. The van der Waals surface area contributed by atoms with Crippen molar-refractivity contribution in [1.82, 2.24) is 10.3 Å². The molecule has 0 aliphatic rings. The molecular weight excluding hydrogens is 364 g/mol. The van der Waals surface area contributed by atoms with Crippen LogP contribution < -0.4 is 10.6 Å². The topological polar surface area (TPSA) is 97.2 Å². The first-order chi connectivity index (χ1) is 13.1. The van der Waals surface area contributed by atoms with E-state index in [0.29, 0.717) is 18.8 Å². The van der Waals surface area contributed by atoms with Crippen LogP contribution in [0.25, 0.3) is 10.2 Å². The molecule has 140 valence electrons. The summed E-state index contributed by atoms with van der Waals surface area (Å²) in [6.07, 6.45) is 1.91. The summed E-state index contributed by atoms with van der Waals surface area (Å²) in [5.41, 5.74) is 1.45. The Hall–Kier alpha value is -3.00. The zero-order valence-electron chi connectivity index (χ0n) is 14.7. The van der Waals surface area contributed by atoms with Gasteiger partial charge in [0.2, 0.25) is 5.91 Å². The van der Waals surface area contributed by atoms with E-state index in [-0.39, 0.29) is 18.0 Å². The van der Waals surface area contributed by atoms with Crippen LogP contribution in [0.2, 0.25) is 0 Å². The van der Waals surface area contributed by atoms with Gasteiger partial charge in [-0.2, -0.15) is 0 Å². The number of carbonyl (C=O) groups excluding carboxylic acids is 1. The van der Waals surface area contributed by atoms with Crippen LogP contribution in [-0.4, -0.2) is 28.9 Å². The minimum Gasteiger partial charge on any atom is -0.379 e. The monoisotopic (exact) mass is 384 g/mol. The molecule has 0 spiro atoms. The van der Waals surface area contributed by atoms with Crippen LogP contribution in [0.15, 0.2) is 48.5 Å². The second-order valence-electron chi connectivity index (χ2n) is 5.98. The molecule has 3 aromatic rings. The van der Waals surface area contributed by atoms with Gasteiger partial charge in [0.15, 0.2) is 0 Å². The van der Waals surface area contributed by atoms with Crippen molar-refractivity contribution in [2.24, 2.45) is 0 Å². The molecule has 27 heavy (non-hydrogen) atoms. The van der Waals surface area contributed by atoms with Crippen molar-refractivity contribution in [3.05, 3.63) is 63.7 Å². The predicted molar refractivity (Wildman–Crippen MR) is 107 cm³/mol. The number of aryl methyl sites for hydroxylation is 1. The Balaban J connectivity index is 1.36. The van der Waals surface area contributed by atoms with Gasteiger partial charge in [-0.15, -0.1) is 11.3 Å². The fourth-order valence-electron chi connectivity index (χ4n) is 2.68. The highest BCUT2D eigenvalue weighted by Crippen LogP contribution is 2.23. The summed E-state index contributed by atoms with van der Waals surface area (Å²) < 4.78 is 1.18. The zero-order valence-corrected chi connectivity index (χ0v) is 15.5. The van der Waals surface area contributed by atoms with Gasteiger partial charge >= 0.3 is 0 Å². The molecule has 0 aliphatic carbocycles. The maximum Gasteiger partial charge on any atom is 0.292 e. The molecule has 7 nitrogen and oxygen atoms in total. The molecule has 0 bridgehead atoms. The molecule has 2 N–H and O–H groups in total. The molecular formula is C19H20N4O3S. The summed E-state index contributed by atoms with van der Waals surface area (Å²) in [6.45, 7) is 0.925. The van der Waals surface area contributed by atoms with Crippen LogP contribution in [0, 0.1) is 10.1 Å². The zero-order chi connectivity index (χ0) is 19.1. The van der Waals surface area contributed by atoms with E-state index < -0.39 is 4.92 Å². The first-order valence-corrected chi connectivity index (χ1v) is 9.53. The number of anilines is 1. The van der Waals surface area contributed by atoms with Crippen LogP contribution in [0.4, 0.5) is 11.4 Å². The standard InChI is InChI=1S/C19H20N4O3S/c24-18(11-13-20-14-6-1-3-8-16(14)23(25)26)21-12-5-10-19-22-15-7-2-4-9-17(15)27-19/h1-4,6-9,20H,5,10-13H2,(H,21,24). The number of hydrogen-bond acceptors (Lipinski definition) is 6. The summed E-state index contributed by atoms with van der Waals surface area (Å²) in [4.78, 5) is 27.0. The van der Waals surface area contributed by atoms with Crippen LogP contribution in [0.5, 0.6) is 0 Å². The van der Waals surface area contributed by atoms with E-state index >= 15 is 0 Å². The Morgan fingerprint density at radius 2 is 1.89 bits per heavy atom. The van der Waals surface area contributed by atoms with Gasteiger partial charge in [-0.05, 0) is 24.6 Å². The number of nitro benzene ring substituents is 1. The van der Waals surface area contributed by atoms with Crippen LogP contribution in [0.3, 0.4) is 0 Å². The maximum atomic E-state index is 11.9. The van der Waals surface area contributed by atoms with E-state index in [2.05, 4.69) is 21.7 Å². The van der Waals surface area contributed by atoms with Crippen molar-refractivity contribution in [2.75, 3.05) is 18.4 Å². The lowest BCUT2D eigenvalue weighted by Crippen LogP contribution is -2.26. The van der Waals surface area contributed by atoms with Gasteiger partial charge in [-0.3, -0.25) is 14.9 Å². The highest BCUT2D eigenvalue weighted by Gasteiger charge is 2.12. The molecule has 0 saturated carbocycles. The minimum atomic E-state index is -0.440. The summed E-state index contributed by atoms with van der Waals surface area (Å²) in [5, 5.41) is 17.8. The predicted octanol–water partition coefficient (Wildman–Crippen LogP) is 3.76. The summed E-state index contributed by atoms with van der Waals surface area (Å²) >= 11 is 1.68.